The van der Waals surface area contributed by atoms with Crippen LogP contribution in [0.4, 0.5) is 5.69 Å². The molecule has 0 unspecified atom stereocenters. The van der Waals surface area contributed by atoms with Crippen LogP contribution in [0.15, 0.2) is 29.3 Å². The Labute approximate surface area is 147 Å². The number of rotatable bonds is 3. The zero-order chi connectivity index (χ0) is 18.0. The molecule has 0 amide bonds. The number of ether oxygens (including phenoxy) is 1. The van der Waals surface area contributed by atoms with Crippen molar-refractivity contribution in [1.82, 2.24) is 9.97 Å². The van der Waals surface area contributed by atoms with Gasteiger partial charge in [0.2, 0.25) is 0 Å². The topological polar surface area (TPSA) is 75.3 Å². The maximum Gasteiger partial charge on any atom is 0.306 e. The van der Waals surface area contributed by atoms with Crippen molar-refractivity contribution >= 4 is 22.6 Å². The smallest absolute Gasteiger partial charge is 0.306 e. The van der Waals surface area contributed by atoms with E-state index in [9.17, 15) is 9.59 Å². The van der Waals surface area contributed by atoms with Gasteiger partial charge in [-0.25, -0.2) is 0 Å². The van der Waals surface area contributed by atoms with E-state index in [1.54, 1.807) is 18.5 Å². The second-order valence-corrected chi connectivity index (χ2v) is 7.66. The molecular weight excluding hydrogens is 318 g/mol. The van der Waals surface area contributed by atoms with Gasteiger partial charge >= 0.3 is 5.97 Å². The zero-order valence-corrected chi connectivity index (χ0v) is 15.0. The first-order valence-corrected chi connectivity index (χ1v) is 8.76. The van der Waals surface area contributed by atoms with Gasteiger partial charge in [0, 0.05) is 37.2 Å². The highest BCUT2D eigenvalue weighted by Gasteiger charge is 2.25. The molecule has 3 heterocycles. The summed E-state index contributed by atoms with van der Waals surface area (Å²) in [7, 11) is 0. The van der Waals surface area contributed by atoms with Crippen LogP contribution in [0.3, 0.4) is 0 Å². The molecule has 1 aliphatic heterocycles. The molecule has 0 atom stereocenters. The maximum absolute atomic E-state index is 12.0. The molecule has 0 aliphatic carbocycles. The fraction of sp³-hybridized carbons (Fsp3) is 0.526. The number of aromatic nitrogens is 2. The van der Waals surface area contributed by atoms with E-state index in [1.165, 1.54) is 0 Å². The van der Waals surface area contributed by atoms with Crippen LogP contribution in [0, 0.1) is 5.92 Å². The second-order valence-electron chi connectivity index (χ2n) is 7.66. The highest BCUT2D eigenvalue weighted by Crippen LogP contribution is 2.29. The fourth-order valence-corrected chi connectivity index (χ4v) is 3.35. The zero-order valence-electron chi connectivity index (χ0n) is 15.0. The highest BCUT2D eigenvalue weighted by molar-refractivity contribution is 5.90. The molecule has 1 aliphatic rings. The van der Waals surface area contributed by atoms with E-state index < -0.39 is 5.60 Å². The Balaban J connectivity index is 1.67. The number of esters is 1. The van der Waals surface area contributed by atoms with Crippen molar-refractivity contribution in [3.05, 3.63) is 34.9 Å². The Kier molecular flexibility index (Phi) is 4.79. The van der Waals surface area contributed by atoms with E-state index in [4.69, 9.17) is 4.74 Å². The molecule has 25 heavy (non-hydrogen) atoms. The molecule has 6 heteroatoms. The Morgan fingerprint density at radius 1 is 1.36 bits per heavy atom. The number of nitrogens with one attached hydrogen (secondary N) is 1. The highest BCUT2D eigenvalue weighted by atomic mass is 16.6. The van der Waals surface area contributed by atoms with Gasteiger partial charge in [0.15, 0.2) is 0 Å². The molecule has 0 spiro atoms. The third-order valence-corrected chi connectivity index (χ3v) is 4.45. The summed E-state index contributed by atoms with van der Waals surface area (Å²) in [4.78, 5) is 33.0. The van der Waals surface area contributed by atoms with E-state index >= 15 is 0 Å². The molecule has 1 fully saturated rings. The van der Waals surface area contributed by atoms with Crippen LogP contribution in [0.2, 0.25) is 0 Å². The predicted molar refractivity (Wildman–Crippen MR) is 97.8 cm³/mol. The maximum atomic E-state index is 12.0. The SMILES string of the molecule is CC(C)(C)OC(=O)CC1CCN(c2cc(=O)[nH]c3cnccc23)CC1. The minimum atomic E-state index is -0.435. The number of H-pyrrole nitrogens is 1. The van der Waals surface area contributed by atoms with Gasteiger partial charge in [-0.05, 0) is 45.6 Å². The Bertz CT molecular complexity index is 815. The van der Waals surface area contributed by atoms with Gasteiger partial charge < -0.3 is 14.6 Å². The standard InChI is InChI=1S/C19H25N3O3/c1-19(2,3)25-18(24)10-13-5-8-22(9-6-13)16-11-17(23)21-15-12-20-7-4-14(15)16/h4,7,11-13H,5-6,8-10H2,1-3H3,(H,21,23). The van der Waals surface area contributed by atoms with Crippen LogP contribution < -0.4 is 10.5 Å². The Morgan fingerprint density at radius 2 is 2.08 bits per heavy atom. The van der Waals surface area contributed by atoms with E-state index in [2.05, 4.69) is 14.9 Å². The summed E-state index contributed by atoms with van der Waals surface area (Å²) in [6.07, 6.45) is 5.71. The van der Waals surface area contributed by atoms with Crippen LogP contribution in [0.25, 0.3) is 10.9 Å². The van der Waals surface area contributed by atoms with Crippen molar-refractivity contribution in [2.24, 2.45) is 5.92 Å². The normalized spacial score (nSPS) is 16.2. The number of anilines is 1. The quantitative estimate of drug-likeness (QED) is 0.867. The summed E-state index contributed by atoms with van der Waals surface area (Å²) in [6.45, 7) is 7.32. The van der Waals surface area contributed by atoms with Crippen molar-refractivity contribution in [3.8, 4) is 0 Å². The summed E-state index contributed by atoms with van der Waals surface area (Å²) >= 11 is 0. The van der Waals surface area contributed by atoms with Gasteiger partial charge in [-0.1, -0.05) is 0 Å². The van der Waals surface area contributed by atoms with Crippen molar-refractivity contribution in [3.63, 3.8) is 0 Å². The second kappa shape index (κ2) is 6.86. The van der Waals surface area contributed by atoms with Crippen molar-refractivity contribution in [2.75, 3.05) is 18.0 Å². The number of aromatic amines is 1. The first-order valence-electron chi connectivity index (χ1n) is 8.76. The predicted octanol–water partition coefficient (Wildman–Crippen LogP) is 2.87. The Morgan fingerprint density at radius 3 is 2.76 bits per heavy atom. The molecule has 0 aromatic carbocycles. The van der Waals surface area contributed by atoms with Gasteiger partial charge in [0.1, 0.15) is 5.60 Å². The number of hydrogen-bond acceptors (Lipinski definition) is 5. The number of pyridine rings is 2. The van der Waals surface area contributed by atoms with Gasteiger partial charge in [-0.2, -0.15) is 0 Å². The third-order valence-electron chi connectivity index (χ3n) is 4.45. The van der Waals surface area contributed by atoms with Gasteiger partial charge in [0.25, 0.3) is 5.56 Å². The summed E-state index contributed by atoms with van der Waals surface area (Å²) in [5, 5.41) is 1.00. The lowest BCUT2D eigenvalue weighted by Gasteiger charge is -2.34. The average molecular weight is 343 g/mol. The molecule has 2 aromatic heterocycles. The molecule has 134 valence electrons. The monoisotopic (exact) mass is 343 g/mol. The summed E-state index contributed by atoms with van der Waals surface area (Å²) in [5.74, 6) is 0.208. The lowest BCUT2D eigenvalue weighted by Crippen LogP contribution is -2.36. The first-order chi connectivity index (χ1) is 11.8. The molecule has 0 radical (unpaired) electrons. The van der Waals surface area contributed by atoms with Gasteiger partial charge in [-0.15, -0.1) is 0 Å². The minimum absolute atomic E-state index is 0.119. The Hall–Kier alpha value is -2.37. The molecular formula is C19H25N3O3. The summed E-state index contributed by atoms with van der Waals surface area (Å²) in [6, 6.07) is 3.57. The largest absolute Gasteiger partial charge is 0.460 e. The third kappa shape index (κ3) is 4.38. The van der Waals surface area contributed by atoms with E-state index in [0.717, 1.165) is 42.5 Å². The van der Waals surface area contributed by atoms with Crippen LogP contribution in [0.5, 0.6) is 0 Å². The first kappa shape index (κ1) is 17.5. The van der Waals surface area contributed by atoms with E-state index in [1.807, 2.05) is 26.8 Å². The van der Waals surface area contributed by atoms with Gasteiger partial charge in [-0.3, -0.25) is 14.6 Å². The molecule has 1 saturated heterocycles. The number of hydrogen-bond donors (Lipinski definition) is 1. The molecule has 6 nitrogen and oxygen atoms in total. The fourth-order valence-electron chi connectivity index (χ4n) is 3.35. The lowest BCUT2D eigenvalue weighted by molar-refractivity contribution is -0.156. The number of piperidine rings is 1. The van der Waals surface area contributed by atoms with E-state index in [-0.39, 0.29) is 11.5 Å². The number of carbonyl (C=O) groups excluding carboxylic acids is 1. The van der Waals surface area contributed by atoms with Crippen molar-refractivity contribution in [1.29, 1.82) is 0 Å². The van der Waals surface area contributed by atoms with Crippen LogP contribution in [-0.4, -0.2) is 34.6 Å². The molecule has 2 aromatic rings. The summed E-state index contributed by atoms with van der Waals surface area (Å²) < 4.78 is 5.42. The average Bonchev–Trinajstić information content (AvgIpc) is 2.53. The van der Waals surface area contributed by atoms with Crippen molar-refractivity contribution < 1.29 is 9.53 Å². The van der Waals surface area contributed by atoms with Gasteiger partial charge in [0.05, 0.1) is 17.4 Å². The minimum Gasteiger partial charge on any atom is -0.460 e. The molecule has 0 saturated carbocycles. The lowest BCUT2D eigenvalue weighted by atomic mass is 9.93. The number of nitrogens with zero attached hydrogens (tertiary/aromatic N) is 2. The molecule has 1 N–H and O–H groups in total. The van der Waals surface area contributed by atoms with Crippen molar-refractivity contribution in [2.45, 2.75) is 45.6 Å². The van der Waals surface area contributed by atoms with Crippen LogP contribution in [-0.2, 0) is 9.53 Å². The van der Waals surface area contributed by atoms with E-state index in [0.29, 0.717) is 12.3 Å². The molecule has 3 rings (SSSR count). The molecule has 0 bridgehead atoms. The van der Waals surface area contributed by atoms with Crippen LogP contribution >= 0.6 is 0 Å². The van der Waals surface area contributed by atoms with Crippen LogP contribution in [0.1, 0.15) is 40.0 Å². The number of carbonyl (C=O) groups is 1. The number of fused-ring (bicyclic) bond motifs is 1. The summed E-state index contributed by atoms with van der Waals surface area (Å²) in [5.41, 5.74) is 1.14.